The molecule has 0 fully saturated rings. The summed E-state index contributed by atoms with van der Waals surface area (Å²) in [7, 11) is 0. The van der Waals surface area contributed by atoms with Crippen molar-refractivity contribution in [1.29, 1.82) is 0 Å². The largest absolute Gasteiger partial charge is 0.418 e. The van der Waals surface area contributed by atoms with Crippen LogP contribution >= 0.6 is 11.6 Å². The van der Waals surface area contributed by atoms with E-state index in [0.29, 0.717) is 5.82 Å². The first-order valence-electron chi connectivity index (χ1n) is 9.09. The first-order chi connectivity index (χ1) is 12.4. The number of halogens is 4. The average Bonchev–Trinajstić information content (AvgIpc) is 2.78. The molecule has 0 unspecified atom stereocenters. The molecule has 1 aliphatic rings. The maximum absolute atomic E-state index is 13.6. The SMILES string of the molecule is CCC(CC)c1nn(-c2ccc(Cl)cc2C(F)(F)F)c2c1CCCCN2. The zero-order chi connectivity index (χ0) is 18.9. The first-order valence-corrected chi connectivity index (χ1v) is 9.47. The van der Waals surface area contributed by atoms with E-state index < -0.39 is 11.7 Å². The molecule has 0 saturated heterocycles. The van der Waals surface area contributed by atoms with Gasteiger partial charge in [0, 0.05) is 23.0 Å². The van der Waals surface area contributed by atoms with Gasteiger partial charge in [-0.25, -0.2) is 4.68 Å². The fourth-order valence-electron chi connectivity index (χ4n) is 3.63. The summed E-state index contributed by atoms with van der Waals surface area (Å²) in [6.07, 6.45) is 0.150. The number of nitrogens with one attached hydrogen (secondary N) is 1. The molecule has 1 aliphatic heterocycles. The molecule has 0 aliphatic carbocycles. The zero-order valence-corrected chi connectivity index (χ0v) is 15.7. The molecular weight excluding hydrogens is 363 g/mol. The fraction of sp³-hybridized carbons (Fsp3) is 0.526. The standard InChI is InChI=1S/C19H23ClF3N3/c1-3-12(4-2)17-14-7-5-6-10-24-18(14)26(25-17)16-9-8-13(20)11-15(16)19(21,22)23/h8-9,11-12,24H,3-7,10H2,1-2H3. The second-order valence-electron chi connectivity index (χ2n) is 6.68. The van der Waals surface area contributed by atoms with Crippen LogP contribution in [0.4, 0.5) is 19.0 Å². The molecule has 2 heterocycles. The average molecular weight is 386 g/mol. The van der Waals surface area contributed by atoms with Crippen LogP contribution in [0.2, 0.25) is 5.02 Å². The first kappa shape index (κ1) is 19.1. The minimum atomic E-state index is -4.50. The number of fused-ring (bicyclic) bond motifs is 1. The second kappa shape index (κ2) is 7.51. The Morgan fingerprint density at radius 1 is 1.23 bits per heavy atom. The van der Waals surface area contributed by atoms with E-state index in [2.05, 4.69) is 24.3 Å². The third kappa shape index (κ3) is 3.56. The van der Waals surface area contributed by atoms with Gasteiger partial charge in [-0.15, -0.1) is 0 Å². The highest BCUT2D eigenvalue weighted by molar-refractivity contribution is 6.30. The lowest BCUT2D eigenvalue weighted by molar-refractivity contribution is -0.137. The molecular formula is C19H23ClF3N3. The van der Waals surface area contributed by atoms with Crippen LogP contribution in [0.25, 0.3) is 5.69 Å². The van der Waals surface area contributed by atoms with Gasteiger partial charge in [-0.2, -0.15) is 18.3 Å². The number of nitrogens with zero attached hydrogens (tertiary/aromatic N) is 2. The zero-order valence-electron chi connectivity index (χ0n) is 15.0. The van der Waals surface area contributed by atoms with Gasteiger partial charge in [0.05, 0.1) is 16.9 Å². The van der Waals surface area contributed by atoms with Gasteiger partial charge in [0.1, 0.15) is 5.82 Å². The van der Waals surface area contributed by atoms with Crippen molar-refractivity contribution in [2.24, 2.45) is 0 Å². The van der Waals surface area contributed by atoms with E-state index >= 15 is 0 Å². The predicted octanol–water partition coefficient (Wildman–Crippen LogP) is 6.20. The molecule has 1 aromatic heterocycles. The summed E-state index contributed by atoms with van der Waals surface area (Å²) in [5.41, 5.74) is 1.23. The van der Waals surface area contributed by atoms with Crippen molar-refractivity contribution in [1.82, 2.24) is 9.78 Å². The molecule has 0 amide bonds. The summed E-state index contributed by atoms with van der Waals surface area (Å²) >= 11 is 5.84. The molecule has 1 aromatic carbocycles. The van der Waals surface area contributed by atoms with Gasteiger partial charge >= 0.3 is 6.18 Å². The molecule has 0 bridgehead atoms. The van der Waals surface area contributed by atoms with E-state index in [1.54, 1.807) is 0 Å². The highest BCUT2D eigenvalue weighted by Crippen LogP contribution is 2.39. The van der Waals surface area contributed by atoms with Gasteiger partial charge in [-0.1, -0.05) is 25.4 Å². The highest BCUT2D eigenvalue weighted by atomic mass is 35.5. The number of hydrogen-bond acceptors (Lipinski definition) is 2. The third-order valence-electron chi connectivity index (χ3n) is 5.03. The number of anilines is 1. The Hall–Kier alpha value is -1.69. The molecule has 3 rings (SSSR count). The monoisotopic (exact) mass is 385 g/mol. The van der Waals surface area contributed by atoms with Gasteiger partial charge in [0.2, 0.25) is 0 Å². The second-order valence-corrected chi connectivity index (χ2v) is 7.12. The molecule has 0 atom stereocenters. The van der Waals surface area contributed by atoms with Crippen molar-refractivity contribution < 1.29 is 13.2 Å². The predicted molar refractivity (Wildman–Crippen MR) is 98.3 cm³/mol. The van der Waals surface area contributed by atoms with E-state index in [1.807, 2.05) is 0 Å². The smallest absolute Gasteiger partial charge is 0.370 e. The summed E-state index contributed by atoms with van der Waals surface area (Å²) in [6.45, 7) is 4.91. The number of hydrogen-bond donors (Lipinski definition) is 1. The summed E-state index contributed by atoms with van der Waals surface area (Å²) in [5.74, 6) is 0.934. The Kier molecular flexibility index (Phi) is 5.51. The van der Waals surface area contributed by atoms with Crippen molar-refractivity contribution in [3.05, 3.63) is 40.0 Å². The Balaban J connectivity index is 2.23. The van der Waals surface area contributed by atoms with Crippen LogP contribution in [0.5, 0.6) is 0 Å². The van der Waals surface area contributed by atoms with Crippen molar-refractivity contribution >= 4 is 17.4 Å². The molecule has 142 valence electrons. The van der Waals surface area contributed by atoms with Crippen molar-refractivity contribution in [2.75, 3.05) is 11.9 Å². The minimum absolute atomic E-state index is 0.0183. The molecule has 0 spiro atoms. The molecule has 0 radical (unpaired) electrons. The highest BCUT2D eigenvalue weighted by Gasteiger charge is 2.36. The van der Waals surface area contributed by atoms with Crippen LogP contribution in [0, 0.1) is 0 Å². The number of alkyl halides is 3. The van der Waals surface area contributed by atoms with Crippen LogP contribution in [-0.4, -0.2) is 16.3 Å². The maximum atomic E-state index is 13.6. The van der Waals surface area contributed by atoms with Gasteiger partial charge in [0.25, 0.3) is 0 Å². The van der Waals surface area contributed by atoms with Crippen molar-refractivity contribution in [3.63, 3.8) is 0 Å². The van der Waals surface area contributed by atoms with Crippen LogP contribution in [-0.2, 0) is 12.6 Å². The minimum Gasteiger partial charge on any atom is -0.370 e. The van der Waals surface area contributed by atoms with Crippen LogP contribution in [0.1, 0.15) is 62.3 Å². The van der Waals surface area contributed by atoms with E-state index in [0.717, 1.165) is 56.0 Å². The van der Waals surface area contributed by atoms with E-state index in [1.165, 1.54) is 16.8 Å². The Labute approximate surface area is 156 Å². The van der Waals surface area contributed by atoms with E-state index in [-0.39, 0.29) is 16.6 Å². The molecule has 2 aromatic rings. The normalized spacial score (nSPS) is 14.9. The van der Waals surface area contributed by atoms with Crippen LogP contribution < -0.4 is 5.32 Å². The molecule has 7 heteroatoms. The van der Waals surface area contributed by atoms with Crippen LogP contribution in [0.15, 0.2) is 18.2 Å². The number of benzene rings is 1. The van der Waals surface area contributed by atoms with E-state index in [4.69, 9.17) is 11.6 Å². The number of aromatic nitrogens is 2. The van der Waals surface area contributed by atoms with Gasteiger partial charge in [-0.3, -0.25) is 0 Å². The quantitative estimate of drug-likeness (QED) is 0.679. The molecule has 3 nitrogen and oxygen atoms in total. The topological polar surface area (TPSA) is 29.9 Å². The third-order valence-corrected chi connectivity index (χ3v) is 5.26. The number of rotatable bonds is 4. The Morgan fingerprint density at radius 3 is 2.62 bits per heavy atom. The Morgan fingerprint density at radius 2 is 1.96 bits per heavy atom. The maximum Gasteiger partial charge on any atom is 0.418 e. The lowest BCUT2D eigenvalue weighted by Crippen LogP contribution is -2.14. The van der Waals surface area contributed by atoms with Gasteiger partial charge in [-0.05, 0) is 50.3 Å². The van der Waals surface area contributed by atoms with Gasteiger partial charge in [0.15, 0.2) is 0 Å². The fourth-order valence-corrected chi connectivity index (χ4v) is 3.80. The van der Waals surface area contributed by atoms with Crippen LogP contribution in [0.3, 0.4) is 0 Å². The Bertz CT molecular complexity index is 779. The van der Waals surface area contributed by atoms with Crippen molar-refractivity contribution in [2.45, 2.75) is 58.0 Å². The van der Waals surface area contributed by atoms with Gasteiger partial charge < -0.3 is 5.32 Å². The van der Waals surface area contributed by atoms with E-state index in [9.17, 15) is 13.2 Å². The molecule has 0 saturated carbocycles. The summed E-state index contributed by atoms with van der Waals surface area (Å²) in [6, 6.07) is 3.86. The van der Waals surface area contributed by atoms with Crippen molar-refractivity contribution in [3.8, 4) is 5.69 Å². The summed E-state index contributed by atoms with van der Waals surface area (Å²) in [5, 5.41) is 8.03. The summed E-state index contributed by atoms with van der Waals surface area (Å²) in [4.78, 5) is 0. The lowest BCUT2D eigenvalue weighted by atomic mass is 9.94. The molecule has 26 heavy (non-hydrogen) atoms. The molecule has 1 N–H and O–H groups in total. The summed E-state index contributed by atoms with van der Waals surface area (Å²) < 4.78 is 42.2. The lowest BCUT2D eigenvalue weighted by Gasteiger charge is -2.16.